The van der Waals surface area contributed by atoms with E-state index in [9.17, 15) is 14.9 Å². The van der Waals surface area contributed by atoms with Crippen molar-refractivity contribution in [3.63, 3.8) is 0 Å². The summed E-state index contributed by atoms with van der Waals surface area (Å²) in [5, 5.41) is 19.2. The summed E-state index contributed by atoms with van der Waals surface area (Å²) in [5.41, 5.74) is -0.887. The second kappa shape index (κ2) is 13.5. The minimum absolute atomic E-state index is 0.248. The molecule has 3 N–H and O–H groups in total. The smallest absolute Gasteiger partial charge is 0.412 e. The number of nitriles is 1. The number of nitrogens with zero attached hydrogens (tertiary/aromatic N) is 3. The standard InChI is InChI=1S/C27H44N6O4/c1-33-13-10-27(19-28,11-14-33)32-25(34)22(16-20-6-3-2-4-7-20)30-24(23-17-29-12-15-36-23)31-26(35)37-18-21-8-5-9-21/h20-23,29H,2-18H2,1H3,(H,32,34)(H,30,31,35). The van der Waals surface area contributed by atoms with Crippen molar-refractivity contribution >= 4 is 17.8 Å². The van der Waals surface area contributed by atoms with Gasteiger partial charge in [0.2, 0.25) is 5.91 Å². The average molecular weight is 517 g/mol. The Labute approximate surface area is 220 Å². The first-order valence-corrected chi connectivity index (χ1v) is 14.2. The largest absolute Gasteiger partial charge is 0.449 e. The molecule has 2 aliphatic heterocycles. The monoisotopic (exact) mass is 516 g/mol. The van der Waals surface area contributed by atoms with Gasteiger partial charge in [-0.05, 0) is 51.0 Å². The van der Waals surface area contributed by atoms with Crippen LogP contribution in [0.1, 0.15) is 70.6 Å². The van der Waals surface area contributed by atoms with Gasteiger partial charge >= 0.3 is 6.09 Å². The third-order valence-corrected chi connectivity index (χ3v) is 8.43. The van der Waals surface area contributed by atoms with Gasteiger partial charge in [0.1, 0.15) is 23.5 Å². The number of carbonyl (C=O) groups is 2. The SMILES string of the molecule is CN1CCC(C#N)(NC(=O)C(CC2CCCCC2)N=C(NC(=O)OCC2CCC2)C2CNCCO2)CC1. The minimum atomic E-state index is -0.887. The highest BCUT2D eigenvalue weighted by molar-refractivity contribution is 5.99. The lowest BCUT2D eigenvalue weighted by Crippen LogP contribution is -2.56. The lowest BCUT2D eigenvalue weighted by atomic mass is 9.84. The lowest BCUT2D eigenvalue weighted by Gasteiger charge is -2.37. The third kappa shape index (κ3) is 8.13. The van der Waals surface area contributed by atoms with Gasteiger partial charge in [0.25, 0.3) is 0 Å². The molecule has 2 heterocycles. The van der Waals surface area contributed by atoms with Crippen LogP contribution in [0.5, 0.6) is 0 Å². The van der Waals surface area contributed by atoms with Crippen LogP contribution in [-0.2, 0) is 14.3 Å². The molecule has 0 bridgehead atoms. The molecule has 2 amide bonds. The molecule has 0 spiro atoms. The predicted molar refractivity (Wildman–Crippen MR) is 140 cm³/mol. The Balaban J connectivity index is 1.52. The van der Waals surface area contributed by atoms with Crippen molar-refractivity contribution in [2.75, 3.05) is 46.4 Å². The van der Waals surface area contributed by atoms with E-state index in [0.29, 0.717) is 56.7 Å². The number of rotatable bonds is 8. The molecule has 0 aromatic rings. The molecule has 4 fully saturated rings. The first-order valence-electron chi connectivity index (χ1n) is 14.2. The summed E-state index contributed by atoms with van der Waals surface area (Å²) < 4.78 is 11.4. The number of carbonyl (C=O) groups excluding carboxylic acids is 2. The topological polar surface area (TPSA) is 128 Å². The molecule has 37 heavy (non-hydrogen) atoms. The Kier molecular flexibility index (Phi) is 10.2. The van der Waals surface area contributed by atoms with Crippen LogP contribution in [0.3, 0.4) is 0 Å². The van der Waals surface area contributed by atoms with E-state index in [-0.39, 0.29) is 5.91 Å². The number of amidine groups is 1. The maximum Gasteiger partial charge on any atom is 0.412 e. The molecule has 0 aromatic heterocycles. The van der Waals surface area contributed by atoms with Crippen molar-refractivity contribution in [3.05, 3.63) is 0 Å². The van der Waals surface area contributed by atoms with Crippen LogP contribution in [-0.4, -0.2) is 86.9 Å². The number of alkyl carbamates (subject to hydrolysis) is 1. The normalized spacial score (nSPS) is 26.4. The number of hydrogen-bond donors (Lipinski definition) is 3. The second-order valence-electron chi connectivity index (χ2n) is 11.3. The fourth-order valence-corrected chi connectivity index (χ4v) is 5.64. The van der Waals surface area contributed by atoms with E-state index in [1.165, 1.54) is 12.8 Å². The summed E-state index contributed by atoms with van der Waals surface area (Å²) in [6.07, 6.45) is 9.77. The number of amides is 2. The summed E-state index contributed by atoms with van der Waals surface area (Å²) in [6, 6.07) is 1.68. The van der Waals surface area contributed by atoms with E-state index in [1.807, 2.05) is 7.05 Å². The molecule has 4 rings (SSSR count). The van der Waals surface area contributed by atoms with Gasteiger partial charge in [0, 0.05) is 26.2 Å². The first-order chi connectivity index (χ1) is 18.0. The first kappa shape index (κ1) is 27.8. The number of morpholine rings is 1. The third-order valence-electron chi connectivity index (χ3n) is 8.43. The van der Waals surface area contributed by atoms with Gasteiger partial charge in [0.15, 0.2) is 0 Å². The summed E-state index contributed by atoms with van der Waals surface area (Å²) in [6.45, 7) is 3.62. The van der Waals surface area contributed by atoms with E-state index in [2.05, 4.69) is 26.9 Å². The van der Waals surface area contributed by atoms with Crippen molar-refractivity contribution in [1.82, 2.24) is 20.9 Å². The van der Waals surface area contributed by atoms with Crippen LogP contribution in [0.15, 0.2) is 4.99 Å². The maximum atomic E-state index is 13.7. The van der Waals surface area contributed by atoms with Crippen LogP contribution >= 0.6 is 0 Å². The Bertz CT molecular complexity index is 834. The predicted octanol–water partition coefficient (Wildman–Crippen LogP) is 2.34. The molecule has 206 valence electrons. The molecule has 0 aromatic carbocycles. The van der Waals surface area contributed by atoms with Crippen molar-refractivity contribution in [2.24, 2.45) is 16.8 Å². The Morgan fingerprint density at radius 2 is 1.89 bits per heavy atom. The second-order valence-corrected chi connectivity index (χ2v) is 11.3. The number of piperidine rings is 1. The highest BCUT2D eigenvalue weighted by Crippen LogP contribution is 2.29. The molecule has 2 atom stereocenters. The van der Waals surface area contributed by atoms with E-state index >= 15 is 0 Å². The molecule has 10 nitrogen and oxygen atoms in total. The number of hydrogen-bond acceptors (Lipinski definition) is 8. The minimum Gasteiger partial charge on any atom is -0.449 e. The molecule has 2 unspecified atom stereocenters. The van der Waals surface area contributed by atoms with Crippen LogP contribution in [0.4, 0.5) is 4.79 Å². The van der Waals surface area contributed by atoms with E-state index in [0.717, 1.165) is 58.2 Å². The van der Waals surface area contributed by atoms with Crippen LogP contribution in [0.25, 0.3) is 0 Å². The number of nitrogens with one attached hydrogen (secondary N) is 3. The van der Waals surface area contributed by atoms with Crippen molar-refractivity contribution in [3.8, 4) is 6.07 Å². The zero-order valence-electron chi connectivity index (χ0n) is 22.3. The Morgan fingerprint density at radius 3 is 2.51 bits per heavy atom. The number of ether oxygens (including phenoxy) is 2. The molecule has 0 radical (unpaired) electrons. The number of likely N-dealkylation sites (tertiary alicyclic amines) is 1. The summed E-state index contributed by atoms with van der Waals surface area (Å²) in [5.74, 6) is 0.903. The Hall–Kier alpha value is -2.22. The highest BCUT2D eigenvalue weighted by atomic mass is 16.5. The summed E-state index contributed by atoms with van der Waals surface area (Å²) in [7, 11) is 2.03. The van der Waals surface area contributed by atoms with Crippen LogP contribution in [0, 0.1) is 23.2 Å². The van der Waals surface area contributed by atoms with Gasteiger partial charge in [-0.15, -0.1) is 0 Å². The zero-order chi connectivity index (χ0) is 26.1. The molecular formula is C27H44N6O4. The molecule has 2 saturated carbocycles. The lowest BCUT2D eigenvalue weighted by molar-refractivity contribution is -0.124. The van der Waals surface area contributed by atoms with Gasteiger partial charge in [0.05, 0.1) is 19.3 Å². The summed E-state index contributed by atoms with van der Waals surface area (Å²) in [4.78, 5) is 33.4. The molecule has 2 aliphatic carbocycles. The van der Waals surface area contributed by atoms with Gasteiger partial charge < -0.3 is 25.0 Å². The van der Waals surface area contributed by atoms with Crippen LogP contribution in [0.2, 0.25) is 0 Å². The maximum absolute atomic E-state index is 13.7. The van der Waals surface area contributed by atoms with Gasteiger partial charge in [-0.25, -0.2) is 4.79 Å². The van der Waals surface area contributed by atoms with Crippen LogP contribution < -0.4 is 16.0 Å². The van der Waals surface area contributed by atoms with Gasteiger partial charge in [-0.2, -0.15) is 5.26 Å². The quantitative estimate of drug-likeness (QED) is 0.334. The molecular weight excluding hydrogens is 472 g/mol. The van der Waals surface area contributed by atoms with Crippen molar-refractivity contribution in [2.45, 2.75) is 88.3 Å². The molecule has 4 aliphatic rings. The van der Waals surface area contributed by atoms with Gasteiger partial charge in [-0.1, -0.05) is 38.5 Å². The van der Waals surface area contributed by atoms with E-state index < -0.39 is 23.8 Å². The summed E-state index contributed by atoms with van der Waals surface area (Å²) >= 11 is 0. The zero-order valence-corrected chi connectivity index (χ0v) is 22.3. The fraction of sp³-hybridized carbons (Fsp3) is 0.852. The van der Waals surface area contributed by atoms with Crippen molar-refractivity contribution in [1.29, 1.82) is 5.26 Å². The van der Waals surface area contributed by atoms with Crippen molar-refractivity contribution < 1.29 is 19.1 Å². The number of aliphatic imine (C=N–C) groups is 1. The van der Waals surface area contributed by atoms with E-state index in [4.69, 9.17) is 14.5 Å². The average Bonchev–Trinajstić information content (AvgIpc) is 2.89. The Morgan fingerprint density at radius 1 is 1.16 bits per heavy atom. The van der Waals surface area contributed by atoms with Gasteiger partial charge in [-0.3, -0.25) is 15.1 Å². The van der Waals surface area contributed by atoms with E-state index in [1.54, 1.807) is 0 Å². The molecule has 10 heteroatoms. The fourth-order valence-electron chi connectivity index (χ4n) is 5.64. The highest BCUT2D eigenvalue weighted by Gasteiger charge is 2.38. The molecule has 2 saturated heterocycles.